The van der Waals surface area contributed by atoms with Crippen LogP contribution in [-0.2, 0) is 16.1 Å². The monoisotopic (exact) mass is 584 g/mol. The second-order valence-corrected chi connectivity index (χ2v) is 12.3. The van der Waals surface area contributed by atoms with Gasteiger partial charge in [-0.3, -0.25) is 9.59 Å². The predicted molar refractivity (Wildman–Crippen MR) is 146 cm³/mol. The van der Waals surface area contributed by atoms with E-state index in [-0.39, 0.29) is 42.7 Å². The van der Waals surface area contributed by atoms with Crippen molar-refractivity contribution in [3.8, 4) is 0 Å². The zero-order valence-corrected chi connectivity index (χ0v) is 23.8. The minimum absolute atomic E-state index is 0.0353. The number of anilines is 1. The van der Waals surface area contributed by atoms with Gasteiger partial charge in [0, 0.05) is 33.6 Å². The van der Waals surface area contributed by atoms with Crippen LogP contribution >= 0.6 is 23.4 Å². The molecule has 11 heteroatoms. The number of ether oxygens (including phenoxy) is 1. The van der Waals surface area contributed by atoms with Gasteiger partial charge >= 0.3 is 12.3 Å². The fourth-order valence-electron chi connectivity index (χ4n) is 4.06. The maximum Gasteiger partial charge on any atom is 0.408 e. The van der Waals surface area contributed by atoms with E-state index in [9.17, 15) is 27.6 Å². The van der Waals surface area contributed by atoms with Gasteiger partial charge in [0.2, 0.25) is 0 Å². The lowest BCUT2D eigenvalue weighted by atomic mass is 10.0. The second kappa shape index (κ2) is 12.6. The van der Waals surface area contributed by atoms with Crippen LogP contribution in [0.2, 0.25) is 5.02 Å². The van der Waals surface area contributed by atoms with Crippen molar-refractivity contribution >= 4 is 46.8 Å². The predicted octanol–water partition coefficient (Wildman–Crippen LogP) is 7.57. The Balaban J connectivity index is 1.91. The molecule has 0 radical (unpaired) electrons. The number of nitrogens with zero attached hydrogens (tertiary/aromatic N) is 1. The number of thioether (sulfide) groups is 1. The summed E-state index contributed by atoms with van der Waals surface area (Å²) in [6, 6.07) is 11.0. The van der Waals surface area contributed by atoms with E-state index in [0.717, 1.165) is 10.5 Å². The van der Waals surface area contributed by atoms with Crippen molar-refractivity contribution in [1.82, 2.24) is 5.32 Å². The first-order valence-electron chi connectivity index (χ1n) is 12.6. The van der Waals surface area contributed by atoms with E-state index in [4.69, 9.17) is 16.3 Å². The molecule has 0 spiro atoms. The second-order valence-electron chi connectivity index (χ2n) is 10.4. The number of hydrogen-bond acceptors (Lipinski definition) is 5. The number of carbonyl (C=O) groups is 3. The Labute approximate surface area is 235 Å². The molecule has 1 heterocycles. The molecule has 1 aliphatic heterocycles. The standard InChI is InChI=1S/C28H32ClF3N2O4S/c1-17-24(33-26(37)38-27(2,3)4)25(36)34(16-18-8-11-20(29)12-9-18)21-15-19(10-13-23(21)39-17)22(35)7-5-6-14-28(30,31)32/h8-13,15,17,24H,5-7,14,16H2,1-4H3,(H,33,37)/t17-,24+/m1/s1. The van der Waals surface area contributed by atoms with Crippen LogP contribution in [0, 0.1) is 0 Å². The Morgan fingerprint density at radius 3 is 2.36 bits per heavy atom. The number of unbranched alkanes of at least 4 members (excludes halogenated alkanes) is 1. The highest BCUT2D eigenvalue weighted by molar-refractivity contribution is 8.00. The van der Waals surface area contributed by atoms with E-state index in [1.807, 2.05) is 6.92 Å². The minimum atomic E-state index is -4.26. The van der Waals surface area contributed by atoms with Crippen LogP contribution in [0.15, 0.2) is 47.4 Å². The third-order valence-electron chi connectivity index (χ3n) is 5.93. The Hall–Kier alpha value is -2.72. The van der Waals surface area contributed by atoms with E-state index in [1.54, 1.807) is 63.2 Å². The highest BCUT2D eigenvalue weighted by atomic mass is 35.5. The number of alkyl carbamates (subject to hydrolysis) is 1. The van der Waals surface area contributed by atoms with Gasteiger partial charge in [0.25, 0.3) is 5.91 Å². The fourth-order valence-corrected chi connectivity index (χ4v) is 5.35. The molecule has 0 aromatic heterocycles. The maximum atomic E-state index is 13.9. The van der Waals surface area contributed by atoms with E-state index >= 15 is 0 Å². The largest absolute Gasteiger partial charge is 0.444 e. The number of carbonyl (C=O) groups excluding carboxylic acids is 3. The van der Waals surface area contributed by atoms with E-state index in [2.05, 4.69) is 5.32 Å². The normalized spacial score (nSPS) is 17.8. The van der Waals surface area contributed by atoms with Crippen LogP contribution in [0.5, 0.6) is 0 Å². The zero-order valence-electron chi connectivity index (χ0n) is 22.2. The molecular weight excluding hydrogens is 553 g/mol. The third-order valence-corrected chi connectivity index (χ3v) is 7.42. The zero-order chi connectivity index (χ0) is 29.0. The first kappa shape index (κ1) is 30.8. The van der Waals surface area contributed by atoms with Crippen molar-refractivity contribution in [2.24, 2.45) is 0 Å². The fraction of sp³-hybridized carbons (Fsp3) is 0.464. The van der Waals surface area contributed by atoms with Gasteiger partial charge in [-0.15, -0.1) is 11.8 Å². The van der Waals surface area contributed by atoms with E-state index in [0.29, 0.717) is 16.3 Å². The maximum absolute atomic E-state index is 13.9. The lowest BCUT2D eigenvalue weighted by molar-refractivity contribution is -0.135. The number of fused-ring (bicyclic) bond motifs is 1. The summed E-state index contributed by atoms with van der Waals surface area (Å²) in [5.41, 5.74) is 0.816. The summed E-state index contributed by atoms with van der Waals surface area (Å²) < 4.78 is 42.8. The Morgan fingerprint density at radius 1 is 1.08 bits per heavy atom. The summed E-state index contributed by atoms with van der Waals surface area (Å²) in [6.45, 7) is 7.14. The quantitative estimate of drug-likeness (QED) is 0.256. The molecule has 0 unspecified atom stereocenters. The van der Waals surface area contributed by atoms with Gasteiger partial charge in [-0.2, -0.15) is 13.2 Å². The van der Waals surface area contributed by atoms with E-state index < -0.39 is 30.3 Å². The van der Waals surface area contributed by atoms with Gasteiger partial charge < -0.3 is 15.0 Å². The number of ketones is 1. The molecule has 2 aromatic carbocycles. The molecule has 3 rings (SSSR count). The molecule has 2 aromatic rings. The van der Waals surface area contributed by atoms with Gasteiger partial charge in [-0.1, -0.05) is 36.7 Å². The first-order chi connectivity index (χ1) is 18.1. The summed E-state index contributed by atoms with van der Waals surface area (Å²) in [4.78, 5) is 41.6. The van der Waals surface area contributed by atoms with Crippen LogP contribution in [0.25, 0.3) is 0 Å². The topological polar surface area (TPSA) is 75.7 Å². The number of amides is 2. The molecule has 212 valence electrons. The highest BCUT2D eigenvalue weighted by Gasteiger charge is 2.38. The molecule has 1 aliphatic rings. The molecule has 0 fully saturated rings. The number of hydrogen-bond donors (Lipinski definition) is 1. The number of benzene rings is 2. The summed E-state index contributed by atoms with van der Waals surface area (Å²) in [5.74, 6) is -0.686. The molecule has 1 N–H and O–H groups in total. The van der Waals surface area contributed by atoms with Crippen LogP contribution in [0.1, 0.15) is 69.3 Å². The summed E-state index contributed by atoms with van der Waals surface area (Å²) in [6.07, 6.45) is -5.97. The van der Waals surface area contributed by atoms with E-state index in [1.165, 1.54) is 16.7 Å². The Kier molecular flexibility index (Phi) is 9.98. The Bertz CT molecular complexity index is 1200. The van der Waals surface area contributed by atoms with Crippen molar-refractivity contribution < 1.29 is 32.3 Å². The molecule has 2 amide bonds. The van der Waals surface area contributed by atoms with Crippen molar-refractivity contribution in [2.75, 3.05) is 4.90 Å². The van der Waals surface area contributed by atoms with Crippen LogP contribution in [-0.4, -0.2) is 40.9 Å². The lowest BCUT2D eigenvalue weighted by Gasteiger charge is -2.28. The summed E-state index contributed by atoms with van der Waals surface area (Å²) in [7, 11) is 0. The number of Topliss-reactive ketones (excluding diaryl/α,β-unsaturated/α-hetero) is 1. The van der Waals surface area contributed by atoms with Gasteiger partial charge in [0.15, 0.2) is 5.78 Å². The molecule has 0 saturated heterocycles. The van der Waals surface area contributed by atoms with Crippen LogP contribution < -0.4 is 10.2 Å². The molecular formula is C28H32ClF3N2O4S. The van der Waals surface area contributed by atoms with Gasteiger partial charge in [0.05, 0.1) is 12.2 Å². The van der Waals surface area contributed by atoms with Crippen molar-refractivity contribution in [3.05, 3.63) is 58.6 Å². The third kappa shape index (κ3) is 9.17. The highest BCUT2D eigenvalue weighted by Crippen LogP contribution is 2.40. The van der Waals surface area contributed by atoms with Crippen molar-refractivity contribution in [2.45, 2.75) is 87.9 Å². The summed E-state index contributed by atoms with van der Waals surface area (Å²) in [5, 5.41) is 2.87. The number of halogens is 4. The van der Waals surface area contributed by atoms with Gasteiger partial charge in [0.1, 0.15) is 11.6 Å². The first-order valence-corrected chi connectivity index (χ1v) is 13.8. The van der Waals surface area contributed by atoms with Gasteiger partial charge in [-0.25, -0.2) is 4.79 Å². The summed E-state index contributed by atoms with van der Waals surface area (Å²) >= 11 is 7.41. The Morgan fingerprint density at radius 2 is 1.74 bits per heavy atom. The minimum Gasteiger partial charge on any atom is -0.444 e. The lowest BCUT2D eigenvalue weighted by Crippen LogP contribution is -2.52. The average molecular weight is 585 g/mol. The number of nitrogens with one attached hydrogen (secondary N) is 1. The molecule has 6 nitrogen and oxygen atoms in total. The molecule has 0 aliphatic carbocycles. The molecule has 0 saturated carbocycles. The van der Waals surface area contributed by atoms with Crippen LogP contribution in [0.3, 0.4) is 0 Å². The van der Waals surface area contributed by atoms with Crippen molar-refractivity contribution in [3.63, 3.8) is 0 Å². The van der Waals surface area contributed by atoms with Crippen molar-refractivity contribution in [1.29, 1.82) is 0 Å². The average Bonchev–Trinajstić information content (AvgIpc) is 2.91. The van der Waals surface area contributed by atoms with Gasteiger partial charge in [-0.05, 0) is 63.4 Å². The number of alkyl halides is 3. The van der Waals surface area contributed by atoms with Crippen LogP contribution in [0.4, 0.5) is 23.7 Å². The molecule has 39 heavy (non-hydrogen) atoms. The molecule has 0 bridgehead atoms. The SMILES string of the molecule is C[C@H]1Sc2ccc(C(=O)CCCCC(F)(F)F)cc2N(Cc2ccc(Cl)cc2)C(=O)[C@H]1NC(=O)OC(C)(C)C. The number of rotatable bonds is 8. The molecule has 2 atom stereocenters. The smallest absolute Gasteiger partial charge is 0.408 e.